The van der Waals surface area contributed by atoms with E-state index in [9.17, 15) is 0 Å². The van der Waals surface area contributed by atoms with E-state index in [2.05, 4.69) is 6.58 Å². The van der Waals surface area contributed by atoms with Crippen LogP contribution in [-0.2, 0) is 0 Å². The van der Waals surface area contributed by atoms with Crippen LogP contribution in [0.3, 0.4) is 0 Å². The molecular weight excluding hydrogens is 118 g/mol. The molecule has 0 saturated heterocycles. The summed E-state index contributed by atoms with van der Waals surface area (Å²) in [7, 11) is 0. The number of hydroxylamine groups is 2. The molecule has 3 nitrogen and oxygen atoms in total. The average molecular weight is 129 g/mol. The molecule has 0 heterocycles. The van der Waals surface area contributed by atoms with Crippen molar-refractivity contribution in [2.24, 2.45) is 0 Å². The lowest BCUT2D eigenvalue weighted by Gasteiger charge is -2.04. The number of aliphatic hydroxyl groups is 1. The highest BCUT2D eigenvalue weighted by Crippen LogP contribution is 1.92. The van der Waals surface area contributed by atoms with Gasteiger partial charge in [0.15, 0.2) is 0 Å². The minimum atomic E-state index is -0.0507. The Morgan fingerprint density at radius 2 is 2.33 bits per heavy atom. The Balaban J connectivity index is 3.78. The van der Waals surface area contributed by atoms with E-state index in [-0.39, 0.29) is 6.61 Å². The Labute approximate surface area is 54.5 Å². The molecule has 52 valence electrons. The van der Waals surface area contributed by atoms with Crippen LogP contribution in [0.4, 0.5) is 0 Å². The normalized spacial score (nSPS) is 11.2. The van der Waals surface area contributed by atoms with E-state index in [0.717, 1.165) is 5.06 Å². The topological polar surface area (TPSA) is 43.7 Å². The molecule has 0 aliphatic carbocycles. The van der Waals surface area contributed by atoms with E-state index in [1.807, 2.05) is 0 Å². The van der Waals surface area contributed by atoms with Gasteiger partial charge in [-0.2, -0.15) is 0 Å². The molecular formula is C6H11NO2. The summed E-state index contributed by atoms with van der Waals surface area (Å²) in [6.07, 6.45) is 2.62. The van der Waals surface area contributed by atoms with Crippen LogP contribution in [0.2, 0.25) is 0 Å². The molecule has 0 saturated carbocycles. The quantitative estimate of drug-likeness (QED) is 0.552. The largest absolute Gasteiger partial charge is 0.392 e. The van der Waals surface area contributed by atoms with Gasteiger partial charge in [-0.15, -0.1) is 0 Å². The molecule has 0 fully saturated rings. The van der Waals surface area contributed by atoms with E-state index in [1.54, 1.807) is 6.92 Å². The maximum absolute atomic E-state index is 8.69. The predicted molar refractivity (Wildman–Crippen MR) is 34.7 cm³/mol. The first kappa shape index (κ1) is 8.20. The summed E-state index contributed by atoms with van der Waals surface area (Å²) in [4.78, 5) is 0. The monoisotopic (exact) mass is 129 g/mol. The maximum Gasteiger partial charge on any atom is 0.0657 e. The lowest BCUT2D eigenvalue weighted by Crippen LogP contribution is -2.02. The molecule has 0 radical (unpaired) electrons. The molecule has 0 unspecified atom stereocenters. The third-order valence-electron chi connectivity index (χ3n) is 0.789. The smallest absolute Gasteiger partial charge is 0.0657 e. The van der Waals surface area contributed by atoms with E-state index < -0.39 is 0 Å². The van der Waals surface area contributed by atoms with Crippen molar-refractivity contribution in [3.63, 3.8) is 0 Å². The lowest BCUT2D eigenvalue weighted by atomic mass is 10.4. The molecule has 0 spiro atoms. The zero-order chi connectivity index (χ0) is 7.28. The minimum absolute atomic E-state index is 0.0507. The van der Waals surface area contributed by atoms with Crippen LogP contribution in [0.15, 0.2) is 24.6 Å². The third-order valence-corrected chi connectivity index (χ3v) is 0.789. The number of hydrogen-bond donors (Lipinski definition) is 2. The Morgan fingerprint density at radius 3 is 2.67 bits per heavy atom. The number of nitrogens with zero attached hydrogens (tertiary/aromatic N) is 1. The zero-order valence-electron chi connectivity index (χ0n) is 5.41. The van der Waals surface area contributed by atoms with Crippen LogP contribution in [-0.4, -0.2) is 22.0 Å². The van der Waals surface area contributed by atoms with Gasteiger partial charge in [-0.05, 0) is 12.5 Å². The van der Waals surface area contributed by atoms with Crippen molar-refractivity contribution in [3.05, 3.63) is 24.6 Å². The van der Waals surface area contributed by atoms with Crippen molar-refractivity contribution in [1.29, 1.82) is 0 Å². The summed E-state index contributed by atoms with van der Waals surface area (Å²) in [6.45, 7) is 4.95. The number of hydrogen-bond acceptors (Lipinski definition) is 3. The van der Waals surface area contributed by atoms with Crippen molar-refractivity contribution in [3.8, 4) is 0 Å². The second kappa shape index (κ2) is 4.12. The highest BCUT2D eigenvalue weighted by atomic mass is 16.5. The first-order valence-corrected chi connectivity index (χ1v) is 2.58. The van der Waals surface area contributed by atoms with E-state index >= 15 is 0 Å². The summed E-state index contributed by atoms with van der Waals surface area (Å²) in [6, 6.07) is 0. The molecule has 0 amide bonds. The van der Waals surface area contributed by atoms with Crippen LogP contribution in [0, 0.1) is 0 Å². The van der Waals surface area contributed by atoms with Gasteiger partial charge in [-0.25, -0.2) is 5.06 Å². The van der Waals surface area contributed by atoms with Gasteiger partial charge in [0.1, 0.15) is 0 Å². The second-order valence-corrected chi connectivity index (χ2v) is 1.70. The molecule has 2 N–H and O–H groups in total. The summed E-state index contributed by atoms with van der Waals surface area (Å²) < 4.78 is 0. The molecule has 0 atom stereocenters. The fourth-order valence-electron chi connectivity index (χ4n) is 0.319. The van der Waals surface area contributed by atoms with Crippen molar-refractivity contribution in [2.75, 3.05) is 6.61 Å². The summed E-state index contributed by atoms with van der Waals surface area (Å²) in [5.41, 5.74) is 0.678. The summed E-state index contributed by atoms with van der Waals surface area (Å²) >= 11 is 0. The van der Waals surface area contributed by atoms with Gasteiger partial charge in [0.05, 0.1) is 6.61 Å². The van der Waals surface area contributed by atoms with Crippen LogP contribution in [0.25, 0.3) is 0 Å². The highest BCUT2D eigenvalue weighted by Gasteiger charge is 1.86. The second-order valence-electron chi connectivity index (χ2n) is 1.70. The molecule has 0 aromatic carbocycles. The molecule has 0 rings (SSSR count). The van der Waals surface area contributed by atoms with Crippen molar-refractivity contribution in [1.82, 2.24) is 5.06 Å². The number of rotatable bonds is 3. The standard InChI is InChI=1S/C6H11NO2/c1-3-7(9)4-6(2)5-8/h3-4,8-9H,1,5H2,2H3/b6-4-. The van der Waals surface area contributed by atoms with Gasteiger partial charge in [0.2, 0.25) is 0 Å². The van der Waals surface area contributed by atoms with Gasteiger partial charge in [0, 0.05) is 12.4 Å². The summed E-state index contributed by atoms with van der Waals surface area (Å²) in [5.74, 6) is 0. The Morgan fingerprint density at radius 1 is 1.78 bits per heavy atom. The van der Waals surface area contributed by atoms with E-state index in [4.69, 9.17) is 10.3 Å². The first-order valence-electron chi connectivity index (χ1n) is 2.58. The average Bonchev–Trinajstić information content (AvgIpc) is 1.87. The molecule has 0 aliphatic rings. The SMILES string of the molecule is C=CN(O)/C=C(/C)CO. The Hall–Kier alpha value is -0.800. The Kier molecular flexibility index (Phi) is 3.75. The lowest BCUT2D eigenvalue weighted by molar-refractivity contribution is 0.0104. The van der Waals surface area contributed by atoms with Crippen LogP contribution < -0.4 is 0 Å². The Bertz CT molecular complexity index is 120. The van der Waals surface area contributed by atoms with Crippen molar-refractivity contribution in [2.45, 2.75) is 6.92 Å². The first-order chi connectivity index (χ1) is 4.20. The van der Waals surface area contributed by atoms with Crippen LogP contribution in [0.5, 0.6) is 0 Å². The van der Waals surface area contributed by atoms with Crippen molar-refractivity contribution < 1.29 is 10.3 Å². The predicted octanol–water partition coefficient (Wildman–Crippen LogP) is 0.717. The molecule has 0 aromatic heterocycles. The van der Waals surface area contributed by atoms with Gasteiger partial charge in [-0.1, -0.05) is 6.58 Å². The van der Waals surface area contributed by atoms with Gasteiger partial charge in [-0.3, -0.25) is 5.21 Å². The fraction of sp³-hybridized carbons (Fsp3) is 0.333. The maximum atomic E-state index is 8.69. The minimum Gasteiger partial charge on any atom is -0.392 e. The van der Waals surface area contributed by atoms with E-state index in [0.29, 0.717) is 5.57 Å². The van der Waals surface area contributed by atoms with Crippen LogP contribution >= 0.6 is 0 Å². The van der Waals surface area contributed by atoms with Gasteiger partial charge < -0.3 is 5.11 Å². The summed E-state index contributed by atoms with van der Waals surface area (Å²) in [5, 5.41) is 17.9. The molecule has 0 bridgehead atoms. The third kappa shape index (κ3) is 3.76. The van der Waals surface area contributed by atoms with Crippen LogP contribution in [0.1, 0.15) is 6.92 Å². The zero-order valence-corrected chi connectivity index (χ0v) is 5.41. The van der Waals surface area contributed by atoms with Crippen molar-refractivity contribution >= 4 is 0 Å². The van der Waals surface area contributed by atoms with Gasteiger partial charge in [0.25, 0.3) is 0 Å². The number of aliphatic hydroxyl groups excluding tert-OH is 1. The fourth-order valence-corrected chi connectivity index (χ4v) is 0.319. The van der Waals surface area contributed by atoms with E-state index in [1.165, 1.54) is 12.4 Å². The molecule has 0 aliphatic heterocycles. The molecule has 9 heavy (non-hydrogen) atoms. The van der Waals surface area contributed by atoms with Gasteiger partial charge >= 0.3 is 0 Å². The highest BCUT2D eigenvalue weighted by molar-refractivity contribution is 4.96. The molecule has 3 heteroatoms. The molecule has 0 aromatic rings.